The number of hydrogen-bond acceptors (Lipinski definition) is 5. The first-order valence-electron chi connectivity index (χ1n) is 8.74. The van der Waals surface area contributed by atoms with E-state index < -0.39 is 0 Å². The summed E-state index contributed by atoms with van der Waals surface area (Å²) < 4.78 is 5.54. The summed E-state index contributed by atoms with van der Waals surface area (Å²) in [5, 5.41) is 11.2. The number of nitro benzene ring substituents is 1. The number of rotatable bonds is 5. The monoisotopic (exact) mass is 357 g/mol. The minimum Gasteiger partial charge on any atom is -0.464 e. The Balaban J connectivity index is 1.59. The summed E-state index contributed by atoms with van der Waals surface area (Å²) in [5.74, 6) is 1.64. The maximum atomic E-state index is 12.7. The predicted molar refractivity (Wildman–Crippen MR) is 98.0 cm³/mol. The average Bonchev–Trinajstić information content (AvgIpc) is 3.06. The first-order chi connectivity index (χ1) is 12.5. The molecule has 1 fully saturated rings. The number of piperidine rings is 1. The Morgan fingerprint density at radius 2 is 1.96 bits per heavy atom. The highest BCUT2D eigenvalue weighted by atomic mass is 16.6. The topological polar surface area (TPSA) is 79.8 Å². The molecule has 7 heteroatoms. The van der Waals surface area contributed by atoms with E-state index in [4.69, 9.17) is 4.42 Å². The molecule has 3 rings (SSSR count). The Morgan fingerprint density at radius 3 is 2.58 bits per heavy atom. The van der Waals surface area contributed by atoms with E-state index in [0.717, 1.165) is 11.5 Å². The van der Waals surface area contributed by atoms with Crippen LogP contribution in [0.3, 0.4) is 0 Å². The minimum atomic E-state index is -0.355. The molecule has 0 aliphatic carbocycles. The Morgan fingerprint density at radius 1 is 1.27 bits per heavy atom. The van der Waals surface area contributed by atoms with Crippen LogP contribution in [-0.2, 0) is 11.3 Å². The molecule has 0 unspecified atom stereocenters. The van der Waals surface area contributed by atoms with Crippen LogP contribution in [0.5, 0.6) is 0 Å². The normalized spacial score (nSPS) is 15.1. The number of benzene rings is 1. The zero-order valence-corrected chi connectivity index (χ0v) is 15.1. The van der Waals surface area contributed by atoms with Crippen molar-refractivity contribution in [3.8, 4) is 0 Å². The highest BCUT2D eigenvalue weighted by Gasteiger charge is 2.29. The summed E-state index contributed by atoms with van der Waals surface area (Å²) in [5.41, 5.74) is 0.741. The first kappa shape index (κ1) is 18.0. The highest BCUT2D eigenvalue weighted by molar-refractivity contribution is 5.79. The van der Waals surface area contributed by atoms with Crippen molar-refractivity contribution in [2.24, 2.45) is 5.92 Å². The molecule has 0 spiro atoms. The number of amides is 1. The SMILES string of the molecule is Cc1ccc(CN(C)C(=O)C2CCN(c3ccccc3[N+](=O)[O-])CC2)o1. The van der Waals surface area contributed by atoms with Crippen molar-refractivity contribution in [1.82, 2.24) is 4.90 Å². The summed E-state index contributed by atoms with van der Waals surface area (Å²) in [6, 6.07) is 10.5. The Labute approximate surface area is 152 Å². The second-order valence-corrected chi connectivity index (χ2v) is 6.71. The Kier molecular flexibility index (Phi) is 5.25. The van der Waals surface area contributed by atoms with Crippen LogP contribution in [0, 0.1) is 23.0 Å². The zero-order valence-electron chi connectivity index (χ0n) is 15.1. The molecule has 1 aromatic heterocycles. The van der Waals surface area contributed by atoms with Gasteiger partial charge in [0.2, 0.25) is 5.91 Å². The number of aryl methyl sites for hydroxylation is 1. The number of carbonyl (C=O) groups is 1. The molecule has 1 amide bonds. The molecule has 1 aliphatic rings. The summed E-state index contributed by atoms with van der Waals surface area (Å²) in [4.78, 5) is 27.2. The molecule has 0 saturated carbocycles. The van der Waals surface area contributed by atoms with E-state index in [1.165, 1.54) is 6.07 Å². The molecule has 0 bridgehead atoms. The average molecular weight is 357 g/mol. The number of para-hydroxylation sites is 2. The van der Waals surface area contributed by atoms with Gasteiger partial charge in [-0.3, -0.25) is 14.9 Å². The highest BCUT2D eigenvalue weighted by Crippen LogP contribution is 2.31. The number of hydrogen-bond donors (Lipinski definition) is 0. The first-order valence-corrected chi connectivity index (χ1v) is 8.74. The van der Waals surface area contributed by atoms with Crippen molar-refractivity contribution in [2.45, 2.75) is 26.3 Å². The molecule has 0 radical (unpaired) electrons. The smallest absolute Gasteiger partial charge is 0.292 e. The maximum Gasteiger partial charge on any atom is 0.292 e. The van der Waals surface area contributed by atoms with Gasteiger partial charge >= 0.3 is 0 Å². The molecular weight excluding hydrogens is 334 g/mol. The van der Waals surface area contributed by atoms with Crippen molar-refractivity contribution < 1.29 is 14.1 Å². The summed E-state index contributed by atoms with van der Waals surface area (Å²) in [6.07, 6.45) is 1.37. The second-order valence-electron chi connectivity index (χ2n) is 6.71. The molecule has 0 atom stereocenters. The molecule has 2 heterocycles. The van der Waals surface area contributed by atoms with Gasteiger partial charge in [0.15, 0.2) is 0 Å². The van der Waals surface area contributed by atoms with E-state index in [0.29, 0.717) is 38.2 Å². The number of carbonyl (C=O) groups excluding carboxylic acids is 1. The van der Waals surface area contributed by atoms with Crippen LogP contribution >= 0.6 is 0 Å². The third-order valence-corrected chi connectivity index (χ3v) is 4.83. The van der Waals surface area contributed by atoms with Crippen molar-refractivity contribution >= 4 is 17.3 Å². The molecular formula is C19H23N3O4. The summed E-state index contributed by atoms with van der Waals surface area (Å²) in [6.45, 7) is 3.60. The molecule has 2 aromatic rings. The van der Waals surface area contributed by atoms with Crippen LogP contribution in [-0.4, -0.2) is 35.9 Å². The molecule has 1 aromatic carbocycles. The van der Waals surface area contributed by atoms with Gasteiger partial charge in [-0.2, -0.15) is 0 Å². The molecule has 1 aliphatic heterocycles. The third-order valence-electron chi connectivity index (χ3n) is 4.83. The van der Waals surface area contributed by atoms with Crippen LogP contribution in [0.2, 0.25) is 0 Å². The lowest BCUT2D eigenvalue weighted by Gasteiger charge is -2.34. The van der Waals surface area contributed by atoms with E-state index in [1.54, 1.807) is 30.1 Å². The number of nitrogens with zero attached hydrogens (tertiary/aromatic N) is 3. The number of furan rings is 1. The van der Waals surface area contributed by atoms with E-state index in [-0.39, 0.29) is 22.4 Å². The maximum absolute atomic E-state index is 12.7. The van der Waals surface area contributed by atoms with Crippen LogP contribution in [0.4, 0.5) is 11.4 Å². The molecule has 7 nitrogen and oxygen atoms in total. The van der Waals surface area contributed by atoms with Gasteiger partial charge in [0.1, 0.15) is 17.2 Å². The second kappa shape index (κ2) is 7.59. The number of nitro groups is 1. The van der Waals surface area contributed by atoms with Crippen LogP contribution in [0.15, 0.2) is 40.8 Å². The Bertz CT molecular complexity index is 794. The summed E-state index contributed by atoms with van der Waals surface area (Å²) in [7, 11) is 1.79. The van der Waals surface area contributed by atoms with Crippen molar-refractivity contribution in [2.75, 3.05) is 25.0 Å². The third kappa shape index (κ3) is 3.87. The lowest BCUT2D eigenvalue weighted by atomic mass is 9.95. The van der Waals surface area contributed by atoms with Gasteiger partial charge in [-0.05, 0) is 38.0 Å². The molecule has 26 heavy (non-hydrogen) atoms. The fraction of sp³-hybridized carbons (Fsp3) is 0.421. The summed E-state index contributed by atoms with van der Waals surface area (Å²) >= 11 is 0. The van der Waals surface area contributed by atoms with E-state index in [1.807, 2.05) is 24.0 Å². The van der Waals surface area contributed by atoms with Gasteiger partial charge in [-0.25, -0.2) is 0 Å². The minimum absolute atomic E-state index is 0.0601. The van der Waals surface area contributed by atoms with Crippen LogP contribution < -0.4 is 4.90 Å². The van der Waals surface area contributed by atoms with Crippen LogP contribution in [0.1, 0.15) is 24.4 Å². The molecule has 1 saturated heterocycles. The largest absolute Gasteiger partial charge is 0.464 e. The van der Waals surface area contributed by atoms with Crippen molar-refractivity contribution in [3.05, 3.63) is 58.0 Å². The Hall–Kier alpha value is -2.83. The van der Waals surface area contributed by atoms with Crippen molar-refractivity contribution in [1.29, 1.82) is 0 Å². The lowest BCUT2D eigenvalue weighted by Crippen LogP contribution is -2.41. The molecule has 0 N–H and O–H groups in total. The zero-order chi connectivity index (χ0) is 18.7. The van der Waals surface area contributed by atoms with E-state index >= 15 is 0 Å². The van der Waals surface area contributed by atoms with Gasteiger partial charge in [0.05, 0.1) is 11.5 Å². The quantitative estimate of drug-likeness (QED) is 0.605. The van der Waals surface area contributed by atoms with E-state index in [9.17, 15) is 14.9 Å². The van der Waals surface area contributed by atoms with Gasteiger partial charge in [0.25, 0.3) is 5.69 Å². The fourth-order valence-electron chi connectivity index (χ4n) is 3.45. The molecule has 138 valence electrons. The van der Waals surface area contributed by atoms with Gasteiger partial charge < -0.3 is 14.2 Å². The van der Waals surface area contributed by atoms with E-state index in [2.05, 4.69) is 0 Å². The van der Waals surface area contributed by atoms with Crippen molar-refractivity contribution in [3.63, 3.8) is 0 Å². The fourth-order valence-corrected chi connectivity index (χ4v) is 3.45. The van der Waals surface area contributed by atoms with Gasteiger partial charge in [0, 0.05) is 32.1 Å². The number of anilines is 1. The predicted octanol–water partition coefficient (Wildman–Crippen LogP) is 3.37. The van der Waals surface area contributed by atoms with Gasteiger partial charge in [-0.15, -0.1) is 0 Å². The van der Waals surface area contributed by atoms with Gasteiger partial charge in [-0.1, -0.05) is 12.1 Å². The van der Waals surface area contributed by atoms with Crippen LogP contribution in [0.25, 0.3) is 0 Å². The lowest BCUT2D eigenvalue weighted by molar-refractivity contribution is -0.384. The standard InChI is InChI=1S/C19H23N3O4/c1-14-7-8-16(26-14)13-20(2)19(23)15-9-11-21(12-10-15)17-5-3-4-6-18(17)22(24)25/h3-8,15H,9-13H2,1-2H3.